The number of esters is 1. The van der Waals surface area contributed by atoms with E-state index in [4.69, 9.17) is 9.47 Å². The number of carbonyl (C=O) groups is 2. The van der Waals surface area contributed by atoms with Crippen LogP contribution in [0.3, 0.4) is 0 Å². The molecule has 1 fully saturated rings. The lowest BCUT2D eigenvalue weighted by molar-refractivity contribution is -0.144. The van der Waals surface area contributed by atoms with Crippen LogP contribution in [0.25, 0.3) is 0 Å². The Hall–Kier alpha value is -2.04. The van der Waals surface area contributed by atoms with Gasteiger partial charge in [-0.05, 0) is 37.5 Å². The molecule has 26 heavy (non-hydrogen) atoms. The van der Waals surface area contributed by atoms with E-state index in [1.54, 1.807) is 14.0 Å². The Morgan fingerprint density at radius 1 is 1.08 bits per heavy atom. The predicted molar refractivity (Wildman–Crippen MR) is 101 cm³/mol. The maximum atomic E-state index is 13.0. The number of methoxy groups -OCH3 is 1. The number of hydrogen-bond donors (Lipinski definition) is 0. The van der Waals surface area contributed by atoms with E-state index >= 15 is 0 Å². The van der Waals surface area contributed by atoms with Crippen molar-refractivity contribution in [2.45, 2.75) is 64.3 Å². The third kappa shape index (κ3) is 6.36. The molecule has 144 valence electrons. The number of nitrogens with zero attached hydrogens (tertiary/aromatic N) is 1. The van der Waals surface area contributed by atoms with Gasteiger partial charge in [0.25, 0.3) is 0 Å². The smallest absolute Gasteiger partial charge is 0.307 e. The molecule has 0 spiro atoms. The van der Waals surface area contributed by atoms with Crippen LogP contribution in [-0.2, 0) is 20.7 Å². The lowest BCUT2D eigenvalue weighted by Crippen LogP contribution is -2.42. The molecule has 1 aromatic rings. The third-order valence-electron chi connectivity index (χ3n) is 4.96. The molecule has 0 N–H and O–H groups in total. The highest BCUT2D eigenvalue weighted by atomic mass is 16.5. The molecule has 1 aromatic carbocycles. The monoisotopic (exact) mass is 361 g/mol. The van der Waals surface area contributed by atoms with Gasteiger partial charge in [-0.25, -0.2) is 0 Å². The van der Waals surface area contributed by atoms with Crippen LogP contribution in [0, 0.1) is 0 Å². The van der Waals surface area contributed by atoms with Crippen molar-refractivity contribution in [3.63, 3.8) is 0 Å². The summed E-state index contributed by atoms with van der Waals surface area (Å²) in [7, 11) is 1.63. The van der Waals surface area contributed by atoms with Crippen LogP contribution >= 0.6 is 0 Å². The minimum Gasteiger partial charge on any atom is -0.497 e. The van der Waals surface area contributed by atoms with Crippen LogP contribution in [0.2, 0.25) is 0 Å². The Kier molecular flexibility index (Phi) is 8.45. The molecular weight excluding hydrogens is 330 g/mol. The minimum atomic E-state index is -0.233. The van der Waals surface area contributed by atoms with Crippen molar-refractivity contribution in [1.29, 1.82) is 0 Å². The van der Waals surface area contributed by atoms with Crippen molar-refractivity contribution in [1.82, 2.24) is 4.90 Å². The molecule has 5 nitrogen and oxygen atoms in total. The quantitative estimate of drug-likeness (QED) is 0.523. The largest absolute Gasteiger partial charge is 0.497 e. The SMILES string of the molecule is CCOC(=O)CCN(C(=O)Cc1ccc(OC)cc1)C1CCCCCC1. The van der Waals surface area contributed by atoms with Crippen molar-refractivity contribution in [3.05, 3.63) is 29.8 Å². The summed E-state index contributed by atoms with van der Waals surface area (Å²) in [5.74, 6) is 0.638. The molecule has 0 aromatic heterocycles. The first-order valence-electron chi connectivity index (χ1n) is 9.72. The third-order valence-corrected chi connectivity index (χ3v) is 4.96. The summed E-state index contributed by atoms with van der Waals surface area (Å²) < 4.78 is 10.2. The van der Waals surface area contributed by atoms with Crippen molar-refractivity contribution in [2.75, 3.05) is 20.3 Å². The number of rotatable bonds is 8. The topological polar surface area (TPSA) is 55.8 Å². The molecule has 1 amide bonds. The fourth-order valence-corrected chi connectivity index (χ4v) is 3.54. The van der Waals surface area contributed by atoms with Gasteiger partial charge in [-0.1, -0.05) is 37.8 Å². The van der Waals surface area contributed by atoms with E-state index in [1.807, 2.05) is 29.2 Å². The van der Waals surface area contributed by atoms with Crippen molar-refractivity contribution < 1.29 is 19.1 Å². The minimum absolute atomic E-state index is 0.0892. The fourth-order valence-electron chi connectivity index (χ4n) is 3.54. The van der Waals surface area contributed by atoms with Crippen molar-refractivity contribution in [2.24, 2.45) is 0 Å². The standard InChI is InChI=1S/C21H31NO4/c1-3-26-21(24)14-15-22(18-8-6-4-5-7-9-18)20(23)16-17-10-12-19(25-2)13-11-17/h10-13,18H,3-9,14-16H2,1-2H3. The first-order chi connectivity index (χ1) is 12.6. The highest BCUT2D eigenvalue weighted by Gasteiger charge is 2.25. The van der Waals surface area contributed by atoms with E-state index in [0.29, 0.717) is 19.6 Å². The van der Waals surface area contributed by atoms with Crippen LogP contribution in [0.5, 0.6) is 5.75 Å². The molecule has 1 aliphatic carbocycles. The van der Waals surface area contributed by atoms with Crippen molar-refractivity contribution in [3.8, 4) is 5.75 Å². The summed E-state index contributed by atoms with van der Waals surface area (Å²) in [5, 5.41) is 0. The lowest BCUT2D eigenvalue weighted by Gasteiger charge is -2.31. The summed E-state index contributed by atoms with van der Waals surface area (Å²) in [6.07, 6.45) is 7.42. The van der Waals surface area contributed by atoms with Gasteiger partial charge in [0.15, 0.2) is 0 Å². The maximum absolute atomic E-state index is 13.0. The second kappa shape index (κ2) is 10.8. The zero-order chi connectivity index (χ0) is 18.8. The van der Waals surface area contributed by atoms with Gasteiger partial charge in [-0.2, -0.15) is 0 Å². The molecule has 0 radical (unpaired) electrons. The molecular formula is C21H31NO4. The zero-order valence-corrected chi connectivity index (χ0v) is 16.0. The second-order valence-electron chi connectivity index (χ2n) is 6.81. The number of hydrogen-bond acceptors (Lipinski definition) is 4. The Morgan fingerprint density at radius 2 is 1.73 bits per heavy atom. The van der Waals surface area contributed by atoms with Gasteiger partial charge in [0.05, 0.1) is 26.6 Å². The summed E-state index contributed by atoms with van der Waals surface area (Å²) in [6, 6.07) is 7.83. The van der Waals surface area contributed by atoms with Gasteiger partial charge in [0.2, 0.25) is 5.91 Å². The molecule has 1 aliphatic rings. The van der Waals surface area contributed by atoms with E-state index in [-0.39, 0.29) is 24.3 Å². The highest BCUT2D eigenvalue weighted by Crippen LogP contribution is 2.23. The van der Waals surface area contributed by atoms with E-state index in [9.17, 15) is 9.59 Å². The Morgan fingerprint density at radius 3 is 2.31 bits per heavy atom. The number of ether oxygens (including phenoxy) is 2. The molecule has 0 unspecified atom stereocenters. The molecule has 1 saturated carbocycles. The van der Waals surface area contributed by atoms with Gasteiger partial charge in [0.1, 0.15) is 5.75 Å². The summed E-state index contributed by atoms with van der Waals surface area (Å²) in [5.41, 5.74) is 0.963. The van der Waals surface area contributed by atoms with Crippen LogP contribution in [0.15, 0.2) is 24.3 Å². The molecule has 2 rings (SSSR count). The van der Waals surface area contributed by atoms with E-state index < -0.39 is 0 Å². The first-order valence-corrected chi connectivity index (χ1v) is 9.72. The normalized spacial score (nSPS) is 15.2. The van der Waals surface area contributed by atoms with Gasteiger partial charge < -0.3 is 14.4 Å². The predicted octanol–water partition coefficient (Wildman–Crippen LogP) is 3.74. The molecule has 0 heterocycles. The average molecular weight is 361 g/mol. The molecule has 0 atom stereocenters. The summed E-state index contributed by atoms with van der Waals surface area (Å²) >= 11 is 0. The maximum Gasteiger partial charge on any atom is 0.307 e. The fraction of sp³-hybridized carbons (Fsp3) is 0.619. The van der Waals surface area contributed by atoms with E-state index in [0.717, 1.165) is 37.0 Å². The number of carbonyl (C=O) groups excluding carboxylic acids is 2. The zero-order valence-electron chi connectivity index (χ0n) is 16.0. The van der Waals surface area contributed by atoms with Gasteiger partial charge in [0, 0.05) is 12.6 Å². The molecule has 5 heteroatoms. The van der Waals surface area contributed by atoms with Crippen molar-refractivity contribution >= 4 is 11.9 Å². The Labute approximate surface area is 156 Å². The van der Waals surface area contributed by atoms with Gasteiger partial charge in [-0.3, -0.25) is 9.59 Å². The molecule has 0 saturated heterocycles. The Bertz CT molecular complexity index is 562. The number of amides is 1. The van der Waals surface area contributed by atoms with Crippen LogP contribution in [0.1, 0.15) is 57.4 Å². The van der Waals surface area contributed by atoms with Gasteiger partial charge in [-0.15, -0.1) is 0 Å². The summed E-state index contributed by atoms with van der Waals surface area (Å²) in [6.45, 7) is 2.62. The first kappa shape index (κ1) is 20.3. The van der Waals surface area contributed by atoms with E-state index in [2.05, 4.69) is 0 Å². The Balaban J connectivity index is 2.04. The highest BCUT2D eigenvalue weighted by molar-refractivity contribution is 5.80. The average Bonchev–Trinajstić information content (AvgIpc) is 2.92. The van der Waals surface area contributed by atoms with Crippen LogP contribution < -0.4 is 4.74 Å². The van der Waals surface area contributed by atoms with Crippen LogP contribution in [0.4, 0.5) is 0 Å². The second-order valence-corrected chi connectivity index (χ2v) is 6.81. The lowest BCUT2D eigenvalue weighted by atomic mass is 10.0. The number of benzene rings is 1. The molecule has 0 bridgehead atoms. The van der Waals surface area contributed by atoms with Gasteiger partial charge >= 0.3 is 5.97 Å². The molecule has 0 aliphatic heterocycles. The van der Waals surface area contributed by atoms with Crippen LogP contribution in [-0.4, -0.2) is 43.1 Å². The summed E-state index contributed by atoms with van der Waals surface area (Å²) in [4.78, 5) is 26.7. The van der Waals surface area contributed by atoms with E-state index in [1.165, 1.54) is 12.8 Å².